The Kier molecular flexibility index (Phi) is 2.91. The van der Waals surface area contributed by atoms with Gasteiger partial charge >= 0.3 is 0 Å². The first kappa shape index (κ1) is 10.0. The van der Waals surface area contributed by atoms with Gasteiger partial charge in [-0.15, -0.1) is 5.11 Å². The third-order valence-corrected chi connectivity index (χ3v) is 2.24. The molecule has 1 aromatic carbocycles. The van der Waals surface area contributed by atoms with Crippen LogP contribution in [0.4, 0.5) is 0 Å². The lowest BCUT2D eigenvalue weighted by atomic mass is 10.1. The number of hydrogen-bond donors (Lipinski definition) is 1. The van der Waals surface area contributed by atoms with Crippen LogP contribution >= 0.6 is 12.2 Å². The van der Waals surface area contributed by atoms with Crippen LogP contribution in [0, 0.1) is 0 Å². The lowest BCUT2D eigenvalue weighted by Crippen LogP contribution is -2.18. The number of nitrogens with one attached hydrogen (secondary N) is 1. The zero-order valence-corrected chi connectivity index (χ0v) is 9.12. The number of thiocarbonyl (C=S) groups is 1. The smallest absolute Gasteiger partial charge is 0.215 e. The molecule has 5 heteroatoms. The molecule has 1 aromatic rings. The first-order valence-electron chi connectivity index (χ1n) is 4.74. The quantitative estimate of drug-likeness (QED) is 0.797. The van der Waals surface area contributed by atoms with E-state index in [0.29, 0.717) is 11.7 Å². The van der Waals surface area contributed by atoms with Crippen LogP contribution in [0.25, 0.3) is 0 Å². The monoisotopic (exact) mass is 221 g/mol. The summed E-state index contributed by atoms with van der Waals surface area (Å²) in [5.41, 5.74) is 0.961. The fraction of sp³-hybridized carbons (Fsp3) is 0.300. The Morgan fingerprint density at radius 2 is 2.27 bits per heavy atom. The van der Waals surface area contributed by atoms with Crippen molar-refractivity contribution in [2.75, 3.05) is 6.61 Å². The van der Waals surface area contributed by atoms with Crippen molar-refractivity contribution in [3.05, 3.63) is 29.8 Å². The van der Waals surface area contributed by atoms with E-state index in [9.17, 15) is 0 Å². The molecule has 4 nitrogen and oxygen atoms in total. The predicted octanol–water partition coefficient (Wildman–Crippen LogP) is 2.42. The van der Waals surface area contributed by atoms with Crippen molar-refractivity contribution in [1.29, 1.82) is 0 Å². The average molecular weight is 221 g/mol. The molecule has 0 amide bonds. The average Bonchev–Trinajstić information content (AvgIpc) is 2.66. The summed E-state index contributed by atoms with van der Waals surface area (Å²) in [6.45, 7) is 2.58. The Labute approximate surface area is 93.4 Å². The fourth-order valence-electron chi connectivity index (χ4n) is 1.42. The first-order chi connectivity index (χ1) is 7.31. The molecule has 0 aliphatic carbocycles. The minimum Gasteiger partial charge on any atom is -0.493 e. The summed E-state index contributed by atoms with van der Waals surface area (Å²) in [7, 11) is 0. The molecule has 1 heterocycles. The molecule has 2 rings (SSSR count). The summed E-state index contributed by atoms with van der Waals surface area (Å²) in [5.74, 6) is 0.821. The SMILES string of the molecule is CCOc1ccccc1C1N=NC(=S)N1. The van der Waals surface area contributed by atoms with E-state index in [1.807, 2.05) is 31.2 Å². The van der Waals surface area contributed by atoms with Gasteiger partial charge in [0.15, 0.2) is 6.17 Å². The zero-order valence-electron chi connectivity index (χ0n) is 8.30. The van der Waals surface area contributed by atoms with Gasteiger partial charge in [0.2, 0.25) is 5.11 Å². The normalized spacial score (nSPS) is 19.0. The molecule has 0 spiro atoms. The Balaban J connectivity index is 2.27. The standard InChI is InChI=1S/C10H11N3OS/c1-2-14-8-6-4-3-5-7(8)9-11-10(15)13-12-9/h3-6,9H,2H2,1H3,(H,11,15). The molecule has 0 saturated heterocycles. The first-order valence-corrected chi connectivity index (χ1v) is 5.15. The van der Waals surface area contributed by atoms with Crippen molar-refractivity contribution in [1.82, 2.24) is 5.32 Å². The summed E-state index contributed by atoms with van der Waals surface area (Å²) < 4.78 is 5.50. The van der Waals surface area contributed by atoms with Gasteiger partial charge in [0.1, 0.15) is 5.75 Å². The second-order valence-electron chi connectivity index (χ2n) is 3.04. The van der Waals surface area contributed by atoms with Gasteiger partial charge in [-0.05, 0) is 25.2 Å². The molecule has 78 valence electrons. The van der Waals surface area contributed by atoms with E-state index >= 15 is 0 Å². The molecule has 1 atom stereocenters. The summed E-state index contributed by atoms with van der Waals surface area (Å²) in [5, 5.41) is 11.2. The molecule has 0 aromatic heterocycles. The number of azo groups is 1. The van der Waals surface area contributed by atoms with E-state index in [0.717, 1.165) is 11.3 Å². The summed E-state index contributed by atoms with van der Waals surface area (Å²) in [6, 6.07) is 7.74. The number of para-hydroxylation sites is 1. The molecule has 1 aliphatic heterocycles. The number of nitrogens with zero attached hydrogens (tertiary/aromatic N) is 2. The zero-order chi connectivity index (χ0) is 10.7. The molecule has 1 unspecified atom stereocenters. The highest BCUT2D eigenvalue weighted by Gasteiger charge is 2.20. The van der Waals surface area contributed by atoms with Crippen LogP contribution in [0.1, 0.15) is 18.7 Å². The van der Waals surface area contributed by atoms with Crippen LogP contribution in [0.3, 0.4) is 0 Å². The van der Waals surface area contributed by atoms with Gasteiger partial charge in [0.25, 0.3) is 0 Å². The van der Waals surface area contributed by atoms with Crippen molar-refractivity contribution in [2.45, 2.75) is 13.1 Å². The highest BCUT2D eigenvalue weighted by molar-refractivity contribution is 7.80. The summed E-state index contributed by atoms with van der Waals surface area (Å²) in [4.78, 5) is 0. The summed E-state index contributed by atoms with van der Waals surface area (Å²) >= 11 is 4.89. The minimum absolute atomic E-state index is 0.208. The molecule has 0 saturated carbocycles. The predicted molar refractivity (Wildman–Crippen MR) is 60.9 cm³/mol. The van der Waals surface area contributed by atoms with Crippen LogP contribution in [0.2, 0.25) is 0 Å². The number of benzene rings is 1. The fourth-order valence-corrected chi connectivity index (χ4v) is 1.58. The number of hydrogen-bond acceptors (Lipinski definition) is 3. The topological polar surface area (TPSA) is 46.0 Å². The van der Waals surface area contributed by atoms with Crippen LogP contribution in [-0.4, -0.2) is 11.7 Å². The molecule has 15 heavy (non-hydrogen) atoms. The lowest BCUT2D eigenvalue weighted by molar-refractivity contribution is 0.333. The van der Waals surface area contributed by atoms with E-state index in [-0.39, 0.29) is 6.17 Å². The highest BCUT2D eigenvalue weighted by Crippen LogP contribution is 2.28. The van der Waals surface area contributed by atoms with Crippen molar-refractivity contribution in [3.8, 4) is 5.75 Å². The van der Waals surface area contributed by atoms with E-state index < -0.39 is 0 Å². The van der Waals surface area contributed by atoms with Gasteiger partial charge < -0.3 is 10.1 Å². The van der Waals surface area contributed by atoms with Gasteiger partial charge in [-0.2, -0.15) is 5.11 Å². The Morgan fingerprint density at radius 1 is 1.47 bits per heavy atom. The Bertz CT molecular complexity index is 405. The van der Waals surface area contributed by atoms with Crippen LogP contribution < -0.4 is 10.1 Å². The van der Waals surface area contributed by atoms with Crippen LogP contribution in [0.15, 0.2) is 34.5 Å². The maximum Gasteiger partial charge on any atom is 0.215 e. The van der Waals surface area contributed by atoms with Crippen molar-refractivity contribution >= 4 is 17.3 Å². The van der Waals surface area contributed by atoms with Crippen LogP contribution in [-0.2, 0) is 0 Å². The third-order valence-electron chi connectivity index (χ3n) is 2.04. The van der Waals surface area contributed by atoms with Crippen LogP contribution in [0.5, 0.6) is 5.75 Å². The third kappa shape index (κ3) is 2.12. The number of rotatable bonds is 3. The molecule has 1 N–H and O–H groups in total. The molecular weight excluding hydrogens is 210 g/mol. The van der Waals surface area contributed by atoms with Gasteiger partial charge in [0, 0.05) is 5.56 Å². The second-order valence-corrected chi connectivity index (χ2v) is 3.43. The maximum atomic E-state index is 5.50. The van der Waals surface area contributed by atoms with Gasteiger partial charge in [0.05, 0.1) is 6.61 Å². The Hall–Kier alpha value is -1.49. The van der Waals surface area contributed by atoms with E-state index in [1.165, 1.54) is 0 Å². The molecule has 0 radical (unpaired) electrons. The van der Waals surface area contributed by atoms with Crippen molar-refractivity contribution in [2.24, 2.45) is 10.2 Å². The lowest BCUT2D eigenvalue weighted by Gasteiger charge is -2.12. The van der Waals surface area contributed by atoms with Gasteiger partial charge in [-0.1, -0.05) is 18.2 Å². The molecule has 0 fully saturated rings. The van der Waals surface area contributed by atoms with Crippen molar-refractivity contribution in [3.63, 3.8) is 0 Å². The van der Waals surface area contributed by atoms with Gasteiger partial charge in [-0.3, -0.25) is 0 Å². The summed E-state index contributed by atoms with van der Waals surface area (Å²) in [6.07, 6.45) is -0.208. The molecule has 1 aliphatic rings. The Morgan fingerprint density at radius 3 is 2.93 bits per heavy atom. The molecule has 0 bridgehead atoms. The van der Waals surface area contributed by atoms with Gasteiger partial charge in [-0.25, -0.2) is 0 Å². The van der Waals surface area contributed by atoms with Crippen molar-refractivity contribution < 1.29 is 4.74 Å². The minimum atomic E-state index is -0.208. The van der Waals surface area contributed by atoms with E-state index in [4.69, 9.17) is 17.0 Å². The number of ether oxygens (including phenoxy) is 1. The second kappa shape index (κ2) is 4.35. The molecular formula is C10H11N3OS. The van der Waals surface area contributed by atoms with E-state index in [1.54, 1.807) is 0 Å². The largest absolute Gasteiger partial charge is 0.493 e. The van der Waals surface area contributed by atoms with E-state index in [2.05, 4.69) is 15.5 Å². The highest BCUT2D eigenvalue weighted by atomic mass is 32.1. The maximum absolute atomic E-state index is 5.50.